The number of alkyl halides is 9. The molecule has 0 aromatic rings. The largest absolute Gasteiger partial charge is 0.458 e. The first-order chi connectivity index (χ1) is 8.11. The molecular weight excluding hydrogens is 326 g/mol. The van der Waals surface area contributed by atoms with Crippen LogP contribution in [0.1, 0.15) is 0 Å². The Labute approximate surface area is 102 Å². The number of rotatable bonds is 1. The molecule has 1 aliphatic rings. The summed E-state index contributed by atoms with van der Waals surface area (Å²) in [4.78, 5) is 10.4. The Balaban J connectivity index is 3.45. The number of hydrogen-bond donors (Lipinski definition) is 0. The molecule has 0 amide bonds. The molecule has 112 valence electrons. The summed E-state index contributed by atoms with van der Waals surface area (Å²) in [6.45, 7) is 0. The van der Waals surface area contributed by atoms with E-state index in [1.54, 1.807) is 0 Å². The molecule has 0 radical (unpaired) electrons. The van der Waals surface area contributed by atoms with Crippen LogP contribution in [0.2, 0.25) is 0 Å². The van der Waals surface area contributed by atoms with Crippen molar-refractivity contribution in [2.24, 2.45) is 0 Å². The first-order valence-electron chi connectivity index (χ1n) is 3.91. The predicted molar refractivity (Wildman–Crippen MR) is 36.7 cm³/mol. The summed E-state index contributed by atoms with van der Waals surface area (Å²) in [6, 6.07) is 0. The highest BCUT2D eigenvalue weighted by molar-refractivity contribution is 6.65. The molecule has 1 rings (SSSR count). The fourth-order valence-corrected chi connectivity index (χ4v) is 1.24. The van der Waals surface area contributed by atoms with Gasteiger partial charge in [-0.2, -0.15) is 39.5 Å². The van der Waals surface area contributed by atoms with E-state index in [-0.39, 0.29) is 0 Å². The molecule has 2 atom stereocenters. The Kier molecular flexibility index (Phi) is 3.33. The molecule has 0 saturated carbocycles. The molecule has 19 heavy (non-hydrogen) atoms. The third-order valence-electron chi connectivity index (χ3n) is 1.93. The van der Waals surface area contributed by atoms with Gasteiger partial charge in [-0.15, -0.1) is 0 Å². The molecule has 3 nitrogen and oxygen atoms in total. The Bertz CT molecular complexity index is 404. The van der Waals surface area contributed by atoms with Crippen LogP contribution in [0.5, 0.6) is 0 Å². The maximum absolute atomic E-state index is 13.0. The monoisotopic (exact) mass is 326 g/mol. The van der Waals surface area contributed by atoms with E-state index >= 15 is 0 Å². The third-order valence-corrected chi connectivity index (χ3v) is 2.18. The van der Waals surface area contributed by atoms with Crippen LogP contribution in [0.3, 0.4) is 0 Å². The molecule has 0 aromatic carbocycles. The zero-order valence-electron chi connectivity index (χ0n) is 8.00. The molecule has 2 unspecified atom stereocenters. The topological polar surface area (TPSA) is 35.5 Å². The smallest absolute Gasteiger partial charge is 0.283 e. The predicted octanol–water partition coefficient (Wildman–Crippen LogP) is 2.88. The normalized spacial score (nSPS) is 35.5. The maximum atomic E-state index is 13.0. The van der Waals surface area contributed by atoms with E-state index in [0.29, 0.717) is 0 Å². The van der Waals surface area contributed by atoms with E-state index in [1.807, 2.05) is 0 Å². The van der Waals surface area contributed by atoms with Crippen LogP contribution >= 0.6 is 11.6 Å². The van der Waals surface area contributed by atoms with Gasteiger partial charge in [0.25, 0.3) is 5.24 Å². The molecule has 0 N–H and O–H groups in total. The summed E-state index contributed by atoms with van der Waals surface area (Å²) in [7, 11) is 0. The van der Waals surface area contributed by atoms with E-state index in [1.165, 1.54) is 0 Å². The standard InChI is InChI=1S/C6ClF9O3/c7-1(17)2(4(9,10)11)18-3(8,5(12,13)14)6(15,16)19-2. The zero-order valence-corrected chi connectivity index (χ0v) is 8.76. The van der Waals surface area contributed by atoms with E-state index in [0.717, 1.165) is 0 Å². The van der Waals surface area contributed by atoms with Gasteiger partial charge in [0.1, 0.15) is 0 Å². The van der Waals surface area contributed by atoms with Crippen molar-refractivity contribution in [3.8, 4) is 0 Å². The Morgan fingerprint density at radius 1 is 0.895 bits per heavy atom. The minimum absolute atomic E-state index is 2.55. The number of ether oxygens (including phenoxy) is 2. The molecule has 1 heterocycles. The quantitative estimate of drug-likeness (QED) is 0.549. The second-order valence-corrected chi connectivity index (χ2v) is 3.55. The van der Waals surface area contributed by atoms with Crippen molar-refractivity contribution in [1.82, 2.24) is 0 Å². The van der Waals surface area contributed by atoms with Crippen molar-refractivity contribution < 1.29 is 53.8 Å². The van der Waals surface area contributed by atoms with E-state index in [2.05, 4.69) is 21.1 Å². The van der Waals surface area contributed by atoms with Crippen LogP contribution in [-0.2, 0) is 14.3 Å². The summed E-state index contributed by atoms with van der Waals surface area (Å²) >= 11 is 4.25. The fraction of sp³-hybridized carbons (Fsp3) is 0.833. The molecule has 13 heteroatoms. The highest BCUT2D eigenvalue weighted by atomic mass is 35.5. The first kappa shape index (κ1) is 16.3. The van der Waals surface area contributed by atoms with Crippen LogP contribution in [0.4, 0.5) is 39.5 Å². The Hall–Kier alpha value is -0.750. The Morgan fingerprint density at radius 2 is 1.32 bits per heavy atom. The van der Waals surface area contributed by atoms with E-state index in [9.17, 15) is 44.3 Å². The lowest BCUT2D eigenvalue weighted by Crippen LogP contribution is -2.55. The van der Waals surface area contributed by atoms with Crippen molar-refractivity contribution in [3.63, 3.8) is 0 Å². The molecule has 1 aliphatic heterocycles. The van der Waals surface area contributed by atoms with E-state index in [4.69, 9.17) is 0 Å². The zero-order chi connectivity index (χ0) is 15.5. The lowest BCUT2D eigenvalue weighted by molar-refractivity contribution is -0.396. The summed E-state index contributed by atoms with van der Waals surface area (Å²) in [5.41, 5.74) is 0. The highest BCUT2D eigenvalue weighted by Gasteiger charge is 2.88. The molecule has 1 saturated heterocycles. The Morgan fingerprint density at radius 3 is 1.47 bits per heavy atom. The van der Waals surface area contributed by atoms with Crippen molar-refractivity contribution in [3.05, 3.63) is 0 Å². The summed E-state index contributed by atoms with van der Waals surface area (Å²) in [6.07, 6.45) is -19.0. The average molecular weight is 326 g/mol. The van der Waals surface area contributed by atoms with Crippen molar-refractivity contribution in [2.75, 3.05) is 0 Å². The third kappa shape index (κ3) is 2.05. The van der Waals surface area contributed by atoms with Gasteiger partial charge in [-0.1, -0.05) is 0 Å². The minimum atomic E-state index is -6.62. The highest BCUT2D eigenvalue weighted by Crippen LogP contribution is 2.59. The van der Waals surface area contributed by atoms with Gasteiger partial charge >= 0.3 is 30.1 Å². The van der Waals surface area contributed by atoms with Gasteiger partial charge < -0.3 is 0 Å². The van der Waals surface area contributed by atoms with E-state index < -0.39 is 35.3 Å². The second-order valence-electron chi connectivity index (χ2n) is 3.20. The van der Waals surface area contributed by atoms with Gasteiger partial charge in [0, 0.05) is 0 Å². The SMILES string of the molecule is O=C(Cl)C1(C(F)(F)F)OC(F)(F)C(F)(C(F)(F)F)O1. The van der Waals surface area contributed by atoms with Crippen molar-refractivity contribution in [1.29, 1.82) is 0 Å². The van der Waals surface area contributed by atoms with Gasteiger partial charge in [-0.25, -0.2) is 0 Å². The molecular formula is C6ClF9O3. The van der Waals surface area contributed by atoms with Gasteiger partial charge in [0.2, 0.25) is 0 Å². The lowest BCUT2D eigenvalue weighted by atomic mass is 10.3. The molecule has 0 aromatic heterocycles. The number of carbonyl (C=O) groups is 1. The van der Waals surface area contributed by atoms with Gasteiger partial charge in [0.15, 0.2) is 0 Å². The first-order valence-corrected chi connectivity index (χ1v) is 4.29. The average Bonchev–Trinajstić information content (AvgIpc) is 2.34. The maximum Gasteiger partial charge on any atom is 0.458 e. The van der Waals surface area contributed by atoms with Crippen LogP contribution < -0.4 is 0 Å². The number of halogens is 10. The van der Waals surface area contributed by atoms with Gasteiger partial charge in [-0.3, -0.25) is 14.3 Å². The summed E-state index contributed by atoms with van der Waals surface area (Å²) in [5, 5.41) is -2.94. The van der Waals surface area contributed by atoms with Gasteiger partial charge in [0.05, 0.1) is 0 Å². The van der Waals surface area contributed by atoms with Crippen molar-refractivity contribution in [2.45, 2.75) is 30.1 Å². The fourth-order valence-electron chi connectivity index (χ4n) is 1.05. The molecule has 0 spiro atoms. The number of hydrogen-bond acceptors (Lipinski definition) is 3. The number of carbonyl (C=O) groups excluding carboxylic acids is 1. The molecule has 0 aliphatic carbocycles. The molecule has 0 bridgehead atoms. The molecule has 1 fully saturated rings. The van der Waals surface area contributed by atoms with Crippen LogP contribution in [0, 0.1) is 0 Å². The van der Waals surface area contributed by atoms with Crippen LogP contribution in [0.15, 0.2) is 0 Å². The lowest BCUT2D eigenvalue weighted by Gasteiger charge is -2.27. The summed E-state index contributed by atoms with van der Waals surface area (Å²) < 4.78 is 117. The van der Waals surface area contributed by atoms with Gasteiger partial charge in [-0.05, 0) is 11.6 Å². The van der Waals surface area contributed by atoms with Crippen LogP contribution in [-0.4, -0.2) is 35.3 Å². The van der Waals surface area contributed by atoms with Crippen LogP contribution in [0.25, 0.3) is 0 Å². The summed E-state index contributed by atoms with van der Waals surface area (Å²) in [5.74, 6) is -11.4. The van der Waals surface area contributed by atoms with Crippen molar-refractivity contribution >= 4 is 16.8 Å². The second kappa shape index (κ2) is 3.88. The minimum Gasteiger partial charge on any atom is -0.283 e.